The van der Waals surface area contributed by atoms with Crippen LogP contribution < -0.4 is 5.32 Å². The number of amides is 1. The van der Waals surface area contributed by atoms with Gasteiger partial charge >= 0.3 is 0 Å². The standard InChI is InChI=1S/C12H16N2O4/c1-3-7-18-8-12(15)13-10-5-4-6-11(9(10)2)14(16)17/h4-6H,3,7-8H2,1-2H3,(H,13,15). The number of nitrogens with zero attached hydrogens (tertiary/aromatic N) is 1. The number of hydrogen-bond acceptors (Lipinski definition) is 4. The fourth-order valence-corrected chi connectivity index (χ4v) is 1.45. The summed E-state index contributed by atoms with van der Waals surface area (Å²) in [6.07, 6.45) is 0.836. The Bertz CT molecular complexity index is 446. The van der Waals surface area contributed by atoms with E-state index in [0.29, 0.717) is 17.9 Å². The highest BCUT2D eigenvalue weighted by atomic mass is 16.6. The van der Waals surface area contributed by atoms with E-state index in [1.807, 2.05) is 6.92 Å². The molecule has 0 bridgehead atoms. The van der Waals surface area contributed by atoms with E-state index in [9.17, 15) is 14.9 Å². The number of nitrogens with one attached hydrogen (secondary N) is 1. The number of carbonyl (C=O) groups excluding carboxylic acids is 1. The first kappa shape index (κ1) is 14.1. The molecule has 0 aliphatic carbocycles. The van der Waals surface area contributed by atoms with Crippen molar-refractivity contribution in [1.29, 1.82) is 0 Å². The summed E-state index contributed by atoms with van der Waals surface area (Å²) >= 11 is 0. The Kier molecular flexibility index (Phi) is 5.26. The van der Waals surface area contributed by atoms with Crippen LogP contribution in [0, 0.1) is 17.0 Å². The molecule has 6 nitrogen and oxygen atoms in total. The summed E-state index contributed by atoms with van der Waals surface area (Å²) in [5.74, 6) is -0.313. The number of rotatable bonds is 6. The van der Waals surface area contributed by atoms with E-state index >= 15 is 0 Å². The zero-order valence-corrected chi connectivity index (χ0v) is 10.4. The first-order valence-electron chi connectivity index (χ1n) is 5.67. The average Bonchev–Trinajstić information content (AvgIpc) is 2.32. The molecule has 0 atom stereocenters. The lowest BCUT2D eigenvalue weighted by atomic mass is 10.1. The summed E-state index contributed by atoms with van der Waals surface area (Å²) in [6.45, 7) is 4.01. The molecule has 1 N–H and O–H groups in total. The van der Waals surface area contributed by atoms with Crippen molar-refractivity contribution in [2.75, 3.05) is 18.5 Å². The van der Waals surface area contributed by atoms with E-state index in [4.69, 9.17) is 4.74 Å². The summed E-state index contributed by atoms with van der Waals surface area (Å²) in [7, 11) is 0. The lowest BCUT2D eigenvalue weighted by Gasteiger charge is -2.08. The summed E-state index contributed by atoms with van der Waals surface area (Å²) in [5.41, 5.74) is 0.864. The van der Waals surface area contributed by atoms with Gasteiger partial charge in [-0.25, -0.2) is 0 Å². The largest absolute Gasteiger partial charge is 0.372 e. The molecule has 0 fully saturated rings. The highest BCUT2D eigenvalue weighted by molar-refractivity contribution is 5.93. The van der Waals surface area contributed by atoms with Gasteiger partial charge in [0.2, 0.25) is 5.91 Å². The average molecular weight is 252 g/mol. The predicted octanol–water partition coefficient (Wildman–Crippen LogP) is 2.27. The zero-order valence-electron chi connectivity index (χ0n) is 10.4. The van der Waals surface area contributed by atoms with Crippen LogP contribution in [-0.2, 0) is 9.53 Å². The molecule has 0 aromatic heterocycles. The lowest BCUT2D eigenvalue weighted by molar-refractivity contribution is -0.385. The number of nitro groups is 1. The van der Waals surface area contributed by atoms with Crippen molar-refractivity contribution in [3.63, 3.8) is 0 Å². The van der Waals surface area contributed by atoms with E-state index in [-0.39, 0.29) is 18.2 Å². The van der Waals surface area contributed by atoms with Crippen LogP contribution in [-0.4, -0.2) is 24.0 Å². The molecule has 0 heterocycles. The van der Waals surface area contributed by atoms with Gasteiger partial charge in [-0.15, -0.1) is 0 Å². The van der Waals surface area contributed by atoms with Crippen LogP contribution in [0.3, 0.4) is 0 Å². The van der Waals surface area contributed by atoms with E-state index < -0.39 is 4.92 Å². The van der Waals surface area contributed by atoms with Crippen molar-refractivity contribution < 1.29 is 14.5 Å². The molecule has 0 unspecified atom stereocenters. The maximum Gasteiger partial charge on any atom is 0.274 e. The second kappa shape index (κ2) is 6.70. The molecule has 1 aromatic rings. The molecule has 1 aromatic carbocycles. The Morgan fingerprint density at radius 3 is 2.83 bits per heavy atom. The molecule has 18 heavy (non-hydrogen) atoms. The minimum Gasteiger partial charge on any atom is -0.372 e. The van der Waals surface area contributed by atoms with Gasteiger partial charge < -0.3 is 10.1 Å². The van der Waals surface area contributed by atoms with Crippen molar-refractivity contribution >= 4 is 17.3 Å². The van der Waals surface area contributed by atoms with Crippen LogP contribution in [0.5, 0.6) is 0 Å². The highest BCUT2D eigenvalue weighted by Gasteiger charge is 2.14. The molecule has 0 spiro atoms. The van der Waals surface area contributed by atoms with Gasteiger partial charge in [0.15, 0.2) is 0 Å². The summed E-state index contributed by atoms with van der Waals surface area (Å²) < 4.78 is 5.09. The van der Waals surface area contributed by atoms with Gasteiger partial charge in [-0.1, -0.05) is 13.0 Å². The van der Waals surface area contributed by atoms with Crippen molar-refractivity contribution in [3.8, 4) is 0 Å². The number of hydrogen-bond donors (Lipinski definition) is 1. The van der Waals surface area contributed by atoms with E-state index in [1.54, 1.807) is 13.0 Å². The van der Waals surface area contributed by atoms with Crippen molar-refractivity contribution in [2.24, 2.45) is 0 Å². The van der Waals surface area contributed by atoms with E-state index in [1.165, 1.54) is 12.1 Å². The fraction of sp³-hybridized carbons (Fsp3) is 0.417. The summed E-state index contributed by atoms with van der Waals surface area (Å²) in [4.78, 5) is 21.8. The Morgan fingerprint density at radius 1 is 1.50 bits per heavy atom. The zero-order chi connectivity index (χ0) is 13.5. The Hall–Kier alpha value is -1.95. The first-order chi connectivity index (χ1) is 8.56. The van der Waals surface area contributed by atoms with Crippen molar-refractivity contribution in [3.05, 3.63) is 33.9 Å². The highest BCUT2D eigenvalue weighted by Crippen LogP contribution is 2.24. The van der Waals surface area contributed by atoms with E-state index in [2.05, 4.69) is 5.32 Å². The Morgan fingerprint density at radius 2 is 2.22 bits per heavy atom. The van der Waals surface area contributed by atoms with Gasteiger partial charge in [-0.05, 0) is 19.4 Å². The fourth-order valence-electron chi connectivity index (χ4n) is 1.45. The molecule has 0 aliphatic rings. The van der Waals surface area contributed by atoms with Crippen LogP contribution in [0.25, 0.3) is 0 Å². The van der Waals surface area contributed by atoms with Gasteiger partial charge in [0.1, 0.15) is 6.61 Å². The maximum absolute atomic E-state index is 11.5. The van der Waals surface area contributed by atoms with Crippen molar-refractivity contribution in [2.45, 2.75) is 20.3 Å². The Labute approximate surface area is 105 Å². The van der Waals surface area contributed by atoms with Gasteiger partial charge in [-0.3, -0.25) is 14.9 Å². The topological polar surface area (TPSA) is 81.5 Å². The third-order valence-electron chi connectivity index (χ3n) is 2.36. The van der Waals surface area contributed by atoms with Crippen molar-refractivity contribution in [1.82, 2.24) is 0 Å². The second-order valence-corrected chi connectivity index (χ2v) is 3.81. The SMILES string of the molecule is CCCOCC(=O)Nc1cccc([N+](=O)[O-])c1C. The van der Waals surface area contributed by atoms with Crippen LogP contribution in [0.15, 0.2) is 18.2 Å². The molecule has 0 aliphatic heterocycles. The smallest absolute Gasteiger partial charge is 0.274 e. The third kappa shape index (κ3) is 3.81. The van der Waals surface area contributed by atoms with Gasteiger partial charge in [0, 0.05) is 12.7 Å². The summed E-state index contributed by atoms with van der Waals surface area (Å²) in [6, 6.07) is 4.56. The number of carbonyl (C=O) groups is 1. The first-order valence-corrected chi connectivity index (χ1v) is 5.67. The second-order valence-electron chi connectivity index (χ2n) is 3.81. The van der Waals surface area contributed by atoms with Crippen LogP contribution >= 0.6 is 0 Å². The van der Waals surface area contributed by atoms with E-state index in [0.717, 1.165) is 6.42 Å². The molecule has 0 radical (unpaired) electrons. The third-order valence-corrected chi connectivity index (χ3v) is 2.36. The number of nitro benzene ring substituents is 1. The quantitative estimate of drug-likeness (QED) is 0.478. The molecule has 6 heteroatoms. The monoisotopic (exact) mass is 252 g/mol. The van der Waals surface area contributed by atoms with Crippen LogP contribution in [0.1, 0.15) is 18.9 Å². The predicted molar refractivity (Wildman–Crippen MR) is 67.6 cm³/mol. The molecular weight excluding hydrogens is 236 g/mol. The van der Waals surface area contributed by atoms with Gasteiger partial charge in [-0.2, -0.15) is 0 Å². The molecule has 0 saturated heterocycles. The Balaban J connectivity index is 2.70. The molecule has 1 rings (SSSR count). The number of anilines is 1. The molecular formula is C12H16N2O4. The molecule has 1 amide bonds. The minimum atomic E-state index is -0.474. The normalized spacial score (nSPS) is 10.1. The van der Waals surface area contributed by atoms with Crippen LogP contribution in [0.2, 0.25) is 0 Å². The molecule has 0 saturated carbocycles. The summed E-state index contributed by atoms with van der Waals surface area (Å²) in [5, 5.41) is 13.3. The number of benzene rings is 1. The van der Waals surface area contributed by atoms with Crippen LogP contribution in [0.4, 0.5) is 11.4 Å². The molecule has 98 valence electrons. The van der Waals surface area contributed by atoms with Gasteiger partial charge in [0.05, 0.1) is 16.2 Å². The number of ether oxygens (including phenoxy) is 1. The minimum absolute atomic E-state index is 0.0118. The maximum atomic E-state index is 11.5. The van der Waals surface area contributed by atoms with Gasteiger partial charge in [0.25, 0.3) is 5.69 Å². The lowest BCUT2D eigenvalue weighted by Crippen LogP contribution is -2.19.